The molecular weight excluding hydrogens is 435 g/mol. The molecule has 0 aliphatic carbocycles. The summed E-state index contributed by atoms with van der Waals surface area (Å²) in [6, 6.07) is 5.49. The van der Waals surface area contributed by atoms with E-state index >= 15 is 0 Å². The molecule has 2 aromatic rings. The van der Waals surface area contributed by atoms with Crippen molar-refractivity contribution in [2.75, 3.05) is 37.7 Å². The molecule has 2 aliphatic rings. The van der Waals surface area contributed by atoms with Crippen LogP contribution in [0.4, 0.5) is 10.4 Å². The average molecular weight is 473 g/mol. The molecule has 0 bridgehead atoms. The molecule has 1 aromatic heterocycles. The van der Waals surface area contributed by atoms with Crippen LogP contribution in [0.3, 0.4) is 0 Å². The van der Waals surface area contributed by atoms with Gasteiger partial charge in [-0.25, -0.2) is 4.39 Å². The molecule has 7 nitrogen and oxygen atoms in total. The van der Waals surface area contributed by atoms with E-state index in [9.17, 15) is 9.18 Å². The van der Waals surface area contributed by atoms with Gasteiger partial charge in [0.15, 0.2) is 5.82 Å². The second kappa shape index (κ2) is 11.2. The molecule has 8 heteroatoms. The number of halogens is 1. The zero-order valence-corrected chi connectivity index (χ0v) is 20.6. The number of ether oxygens (including phenoxy) is 1. The summed E-state index contributed by atoms with van der Waals surface area (Å²) in [6.45, 7) is 10.4. The fourth-order valence-electron chi connectivity index (χ4n) is 4.62. The van der Waals surface area contributed by atoms with E-state index in [2.05, 4.69) is 35.8 Å². The molecule has 2 fully saturated rings. The maximum Gasteiger partial charge on any atom is 0.324 e. The third-order valence-corrected chi connectivity index (χ3v) is 7.02. The lowest BCUT2D eigenvalue weighted by Gasteiger charge is -2.31. The van der Waals surface area contributed by atoms with Crippen LogP contribution in [0.25, 0.3) is 0 Å². The summed E-state index contributed by atoms with van der Waals surface area (Å²) in [5.41, 5.74) is 0.435. The number of carbonyl (C=O) groups excluding carboxylic acids is 1. The van der Waals surface area contributed by atoms with Gasteiger partial charge in [-0.2, -0.15) is 4.98 Å². The maximum absolute atomic E-state index is 14.4. The lowest BCUT2D eigenvalue weighted by molar-refractivity contribution is -0.133. The van der Waals surface area contributed by atoms with Crippen LogP contribution in [-0.2, 0) is 11.2 Å². The molecule has 0 saturated carbocycles. The van der Waals surface area contributed by atoms with E-state index in [0.29, 0.717) is 35.8 Å². The average Bonchev–Trinajstić information content (AvgIpc) is 3.26. The van der Waals surface area contributed by atoms with Gasteiger partial charge in [-0.05, 0) is 55.6 Å². The standard InChI is InChI=1S/C26H37FN4O3/c1-18(2)25-28-26(34-29-25)31-12-7-20(8-13-31)15-19(3)9-14-33-22-6-5-21(23(27)17-22)16-24(32)30-10-4-11-30/h5-6,17-20H,4,7-16H2,1-3H3/t19-/m0/s1. The van der Waals surface area contributed by atoms with Gasteiger partial charge < -0.3 is 19.1 Å². The lowest BCUT2D eigenvalue weighted by Crippen LogP contribution is -2.42. The van der Waals surface area contributed by atoms with Gasteiger partial charge in [-0.1, -0.05) is 32.0 Å². The first-order chi connectivity index (χ1) is 16.4. The number of anilines is 1. The number of aromatic nitrogens is 2. The Morgan fingerprint density at radius 3 is 2.59 bits per heavy atom. The molecule has 0 radical (unpaired) electrons. The van der Waals surface area contributed by atoms with Crippen molar-refractivity contribution in [1.29, 1.82) is 0 Å². The summed E-state index contributed by atoms with van der Waals surface area (Å²) >= 11 is 0. The van der Waals surface area contributed by atoms with Crippen LogP contribution in [0.2, 0.25) is 0 Å². The SMILES string of the molecule is CC(C)c1noc(N2CCC(C[C@@H](C)CCOc3ccc(CC(=O)N4CCC4)c(F)c3)CC2)n1. The van der Waals surface area contributed by atoms with Gasteiger partial charge in [0.25, 0.3) is 0 Å². The number of rotatable bonds is 10. The summed E-state index contributed by atoms with van der Waals surface area (Å²) in [5.74, 6) is 2.40. The van der Waals surface area contributed by atoms with Crippen molar-refractivity contribution < 1.29 is 18.4 Å². The quantitative estimate of drug-likeness (QED) is 0.494. The summed E-state index contributed by atoms with van der Waals surface area (Å²) in [4.78, 5) is 20.5. The fraction of sp³-hybridized carbons (Fsp3) is 0.654. The van der Waals surface area contributed by atoms with Crippen molar-refractivity contribution in [3.8, 4) is 5.75 Å². The number of nitrogens with zero attached hydrogens (tertiary/aromatic N) is 4. The minimum absolute atomic E-state index is 0.00382. The molecule has 0 unspecified atom stereocenters. The zero-order chi connectivity index (χ0) is 24.1. The van der Waals surface area contributed by atoms with Crippen molar-refractivity contribution in [3.05, 3.63) is 35.4 Å². The molecule has 3 heterocycles. The van der Waals surface area contributed by atoms with Gasteiger partial charge >= 0.3 is 6.01 Å². The lowest BCUT2D eigenvalue weighted by atomic mass is 9.87. The Morgan fingerprint density at radius 2 is 1.97 bits per heavy atom. The van der Waals surface area contributed by atoms with Gasteiger partial charge in [0.05, 0.1) is 13.0 Å². The number of carbonyl (C=O) groups is 1. The van der Waals surface area contributed by atoms with Crippen LogP contribution in [0, 0.1) is 17.7 Å². The number of piperidine rings is 1. The molecule has 2 saturated heterocycles. The van der Waals surface area contributed by atoms with E-state index in [1.54, 1.807) is 17.0 Å². The highest BCUT2D eigenvalue weighted by Gasteiger charge is 2.25. The normalized spacial score (nSPS) is 17.7. The van der Waals surface area contributed by atoms with Crippen LogP contribution in [0.1, 0.15) is 70.2 Å². The summed E-state index contributed by atoms with van der Waals surface area (Å²) < 4.78 is 25.7. The van der Waals surface area contributed by atoms with Gasteiger partial charge in [0.1, 0.15) is 11.6 Å². The van der Waals surface area contributed by atoms with E-state index in [1.807, 2.05) is 0 Å². The van der Waals surface area contributed by atoms with Crippen LogP contribution >= 0.6 is 0 Å². The number of hydrogen-bond acceptors (Lipinski definition) is 6. The Labute approximate surface area is 201 Å². The molecule has 2 aliphatic heterocycles. The number of likely N-dealkylation sites (tertiary alicyclic amines) is 1. The van der Waals surface area contributed by atoms with Gasteiger partial charge in [0.2, 0.25) is 5.91 Å². The predicted molar refractivity (Wildman–Crippen MR) is 129 cm³/mol. The fourth-order valence-corrected chi connectivity index (χ4v) is 4.62. The number of hydrogen-bond donors (Lipinski definition) is 0. The van der Waals surface area contributed by atoms with Crippen molar-refractivity contribution in [3.63, 3.8) is 0 Å². The molecule has 4 rings (SSSR count). The predicted octanol–water partition coefficient (Wildman–Crippen LogP) is 4.82. The van der Waals surface area contributed by atoms with Crippen molar-refractivity contribution in [1.82, 2.24) is 15.0 Å². The van der Waals surface area contributed by atoms with Crippen LogP contribution in [-0.4, -0.2) is 53.7 Å². The molecule has 0 N–H and O–H groups in total. The monoisotopic (exact) mass is 472 g/mol. The summed E-state index contributed by atoms with van der Waals surface area (Å²) in [6.07, 6.45) is 5.48. The number of benzene rings is 1. The molecule has 1 aromatic carbocycles. The van der Waals surface area contributed by atoms with Crippen LogP contribution in [0.15, 0.2) is 22.7 Å². The first kappa shape index (κ1) is 24.5. The molecule has 34 heavy (non-hydrogen) atoms. The van der Waals surface area contributed by atoms with E-state index in [4.69, 9.17) is 9.26 Å². The van der Waals surface area contributed by atoms with Gasteiger partial charge in [-0.15, -0.1) is 0 Å². The molecular formula is C26H37FN4O3. The van der Waals surface area contributed by atoms with Gasteiger partial charge in [0, 0.05) is 38.2 Å². The van der Waals surface area contributed by atoms with Gasteiger partial charge in [-0.3, -0.25) is 4.79 Å². The second-order valence-electron chi connectivity index (χ2n) is 10.2. The highest BCUT2D eigenvalue weighted by atomic mass is 19.1. The molecule has 0 spiro atoms. The molecule has 1 atom stereocenters. The Kier molecular flexibility index (Phi) is 8.06. The second-order valence-corrected chi connectivity index (χ2v) is 10.2. The zero-order valence-electron chi connectivity index (χ0n) is 20.6. The Balaban J connectivity index is 1.15. The summed E-state index contributed by atoms with van der Waals surface area (Å²) in [5, 5.41) is 4.07. The maximum atomic E-state index is 14.4. The van der Waals surface area contributed by atoms with E-state index in [1.165, 1.54) is 6.07 Å². The van der Waals surface area contributed by atoms with Crippen molar-refractivity contribution in [2.45, 2.75) is 65.2 Å². The minimum atomic E-state index is -0.368. The summed E-state index contributed by atoms with van der Waals surface area (Å²) in [7, 11) is 0. The third-order valence-electron chi connectivity index (χ3n) is 7.02. The highest BCUT2D eigenvalue weighted by molar-refractivity contribution is 5.79. The minimum Gasteiger partial charge on any atom is -0.493 e. The van der Waals surface area contributed by atoms with E-state index in [-0.39, 0.29) is 24.1 Å². The topological polar surface area (TPSA) is 71.7 Å². The van der Waals surface area contributed by atoms with Crippen LogP contribution in [0.5, 0.6) is 5.75 Å². The first-order valence-corrected chi connectivity index (χ1v) is 12.7. The van der Waals surface area contributed by atoms with Crippen molar-refractivity contribution in [2.24, 2.45) is 11.8 Å². The largest absolute Gasteiger partial charge is 0.493 e. The Bertz CT molecular complexity index is 951. The Morgan fingerprint density at radius 1 is 1.21 bits per heavy atom. The first-order valence-electron chi connectivity index (χ1n) is 12.7. The highest BCUT2D eigenvalue weighted by Crippen LogP contribution is 2.28. The van der Waals surface area contributed by atoms with E-state index < -0.39 is 0 Å². The molecule has 1 amide bonds. The smallest absolute Gasteiger partial charge is 0.324 e. The van der Waals surface area contributed by atoms with E-state index in [0.717, 1.165) is 64.1 Å². The third kappa shape index (κ3) is 6.27. The van der Waals surface area contributed by atoms with Crippen molar-refractivity contribution >= 4 is 11.9 Å². The number of amides is 1. The van der Waals surface area contributed by atoms with Crippen LogP contribution < -0.4 is 9.64 Å². The molecule has 186 valence electrons. The Hall–Kier alpha value is -2.64.